The third-order valence-electron chi connectivity index (χ3n) is 2.72. The minimum absolute atomic E-state index is 0.0676. The van der Waals surface area contributed by atoms with Gasteiger partial charge in [-0.1, -0.05) is 13.8 Å². The molecule has 0 bridgehead atoms. The molecule has 0 fully saturated rings. The highest BCUT2D eigenvalue weighted by Gasteiger charge is 2.10. The number of rotatable bonds is 8. The second-order valence-electron chi connectivity index (χ2n) is 4.43. The highest BCUT2D eigenvalue weighted by molar-refractivity contribution is 9.10. The first-order valence-corrected chi connectivity index (χ1v) is 8.64. The van der Waals surface area contributed by atoms with Crippen molar-refractivity contribution >= 4 is 33.4 Å². The third kappa shape index (κ3) is 5.18. The third-order valence-corrected chi connectivity index (χ3v) is 4.42. The van der Waals surface area contributed by atoms with Crippen molar-refractivity contribution in [1.82, 2.24) is 9.78 Å². The average Bonchev–Trinajstić information content (AvgIpc) is 2.39. The van der Waals surface area contributed by atoms with Crippen LogP contribution < -0.4 is 10.9 Å². The van der Waals surface area contributed by atoms with E-state index in [-0.39, 0.29) is 5.56 Å². The molecule has 0 aliphatic carbocycles. The average molecular weight is 348 g/mol. The summed E-state index contributed by atoms with van der Waals surface area (Å²) in [6.45, 7) is 6.97. The van der Waals surface area contributed by atoms with E-state index in [2.05, 4.69) is 40.2 Å². The van der Waals surface area contributed by atoms with Crippen molar-refractivity contribution in [3.05, 3.63) is 21.0 Å². The van der Waals surface area contributed by atoms with Crippen LogP contribution >= 0.6 is 27.7 Å². The van der Waals surface area contributed by atoms with Gasteiger partial charge in [-0.15, -0.1) is 0 Å². The first-order valence-electron chi connectivity index (χ1n) is 6.70. The van der Waals surface area contributed by atoms with Gasteiger partial charge in [-0.25, -0.2) is 4.68 Å². The van der Waals surface area contributed by atoms with Gasteiger partial charge in [0.15, 0.2) is 0 Å². The number of anilines is 1. The largest absolute Gasteiger partial charge is 0.380 e. The van der Waals surface area contributed by atoms with Crippen LogP contribution in [-0.2, 0) is 6.54 Å². The molecule has 0 saturated carbocycles. The Morgan fingerprint density at radius 1 is 1.53 bits per heavy atom. The molecule has 108 valence electrons. The maximum atomic E-state index is 12.0. The van der Waals surface area contributed by atoms with E-state index in [4.69, 9.17) is 0 Å². The fourth-order valence-electron chi connectivity index (χ4n) is 1.68. The zero-order valence-corrected chi connectivity index (χ0v) is 14.2. The van der Waals surface area contributed by atoms with Gasteiger partial charge in [0.1, 0.15) is 4.47 Å². The van der Waals surface area contributed by atoms with E-state index in [1.54, 1.807) is 6.20 Å². The second kappa shape index (κ2) is 8.64. The monoisotopic (exact) mass is 347 g/mol. The van der Waals surface area contributed by atoms with Crippen LogP contribution in [0.5, 0.6) is 0 Å². The summed E-state index contributed by atoms with van der Waals surface area (Å²) in [6.07, 6.45) is 3.70. The minimum Gasteiger partial charge on any atom is -0.380 e. The smallest absolute Gasteiger partial charge is 0.283 e. The van der Waals surface area contributed by atoms with Crippen LogP contribution in [0.3, 0.4) is 0 Å². The van der Waals surface area contributed by atoms with Crippen LogP contribution in [0.1, 0.15) is 33.6 Å². The lowest BCUT2D eigenvalue weighted by Gasteiger charge is -2.16. The van der Waals surface area contributed by atoms with E-state index in [1.807, 2.05) is 18.7 Å². The molecular weight excluding hydrogens is 326 g/mol. The zero-order chi connectivity index (χ0) is 14.3. The van der Waals surface area contributed by atoms with Crippen LogP contribution in [-0.4, -0.2) is 27.3 Å². The van der Waals surface area contributed by atoms with Gasteiger partial charge in [-0.05, 0) is 47.2 Å². The number of aromatic nitrogens is 2. The van der Waals surface area contributed by atoms with E-state index in [0.29, 0.717) is 17.1 Å². The summed E-state index contributed by atoms with van der Waals surface area (Å²) in [5, 5.41) is 7.53. The van der Waals surface area contributed by atoms with Gasteiger partial charge >= 0.3 is 0 Å². The van der Waals surface area contributed by atoms with Crippen LogP contribution in [0.4, 0.5) is 5.69 Å². The summed E-state index contributed by atoms with van der Waals surface area (Å²) < 4.78 is 2.07. The molecule has 1 aromatic rings. The Hall–Kier alpha value is -0.490. The molecule has 0 radical (unpaired) electrons. The van der Waals surface area contributed by atoms with Gasteiger partial charge < -0.3 is 5.32 Å². The lowest BCUT2D eigenvalue weighted by Crippen LogP contribution is -2.26. The number of thioether (sulfide) groups is 1. The summed E-state index contributed by atoms with van der Waals surface area (Å²) in [4.78, 5) is 12.0. The van der Waals surface area contributed by atoms with E-state index >= 15 is 0 Å². The topological polar surface area (TPSA) is 46.9 Å². The predicted octanol–water partition coefficient (Wildman–Crippen LogP) is 3.36. The number of hydrogen-bond donors (Lipinski definition) is 1. The molecule has 0 spiro atoms. The molecule has 1 N–H and O–H groups in total. The molecule has 1 aromatic heterocycles. The fraction of sp³-hybridized carbons (Fsp3) is 0.692. The van der Waals surface area contributed by atoms with Gasteiger partial charge in [0.25, 0.3) is 5.56 Å². The summed E-state index contributed by atoms with van der Waals surface area (Å²) in [6, 6.07) is 0.332. The highest BCUT2D eigenvalue weighted by atomic mass is 79.9. The summed E-state index contributed by atoms with van der Waals surface area (Å²) in [5.41, 5.74) is 0.716. The predicted molar refractivity (Wildman–Crippen MR) is 87.2 cm³/mol. The molecule has 4 nitrogen and oxygen atoms in total. The van der Waals surface area contributed by atoms with Crippen molar-refractivity contribution in [1.29, 1.82) is 0 Å². The molecule has 1 heterocycles. The Balaban J connectivity index is 2.69. The van der Waals surface area contributed by atoms with Crippen molar-refractivity contribution in [2.75, 3.05) is 16.8 Å². The minimum atomic E-state index is -0.0676. The Bertz CT molecular complexity index is 450. The van der Waals surface area contributed by atoms with Gasteiger partial charge in [-0.3, -0.25) is 4.79 Å². The first-order chi connectivity index (χ1) is 9.10. The quantitative estimate of drug-likeness (QED) is 0.732. The fourth-order valence-corrected chi connectivity index (χ4v) is 2.91. The van der Waals surface area contributed by atoms with Crippen molar-refractivity contribution in [2.45, 2.75) is 46.2 Å². The maximum absolute atomic E-state index is 12.0. The van der Waals surface area contributed by atoms with Crippen LogP contribution in [0.25, 0.3) is 0 Å². The summed E-state index contributed by atoms with van der Waals surface area (Å²) in [5.74, 6) is 2.27. The number of nitrogens with zero attached hydrogens (tertiary/aromatic N) is 2. The van der Waals surface area contributed by atoms with E-state index in [1.165, 1.54) is 4.68 Å². The van der Waals surface area contributed by atoms with E-state index < -0.39 is 0 Å². The standard InChI is InChI=1S/C13H22BrN3OS/c1-4-7-17-13(18)12(14)11(9-15-17)16-10(3)6-8-19-5-2/h9-10,16H,4-8H2,1-3H3. The Morgan fingerprint density at radius 3 is 2.89 bits per heavy atom. The van der Waals surface area contributed by atoms with Crippen molar-refractivity contribution in [2.24, 2.45) is 0 Å². The van der Waals surface area contributed by atoms with Gasteiger partial charge in [0, 0.05) is 12.6 Å². The van der Waals surface area contributed by atoms with Crippen LogP contribution in [0.2, 0.25) is 0 Å². The second-order valence-corrected chi connectivity index (χ2v) is 6.62. The molecule has 0 amide bonds. The normalized spacial score (nSPS) is 12.4. The first kappa shape index (κ1) is 16.6. The molecule has 1 atom stereocenters. The van der Waals surface area contributed by atoms with Gasteiger partial charge in [0.05, 0.1) is 11.9 Å². The molecule has 19 heavy (non-hydrogen) atoms. The molecule has 1 unspecified atom stereocenters. The Labute approximate surface area is 127 Å². The number of halogens is 1. The summed E-state index contributed by atoms with van der Waals surface area (Å²) >= 11 is 5.30. The zero-order valence-electron chi connectivity index (χ0n) is 11.8. The number of hydrogen-bond acceptors (Lipinski definition) is 4. The van der Waals surface area contributed by atoms with Gasteiger partial charge in [-0.2, -0.15) is 16.9 Å². The highest BCUT2D eigenvalue weighted by Crippen LogP contribution is 2.18. The number of nitrogens with one attached hydrogen (secondary N) is 1. The molecule has 6 heteroatoms. The van der Waals surface area contributed by atoms with E-state index in [9.17, 15) is 4.79 Å². The van der Waals surface area contributed by atoms with Crippen molar-refractivity contribution in [3.63, 3.8) is 0 Å². The maximum Gasteiger partial charge on any atom is 0.283 e. The van der Waals surface area contributed by atoms with Crippen molar-refractivity contribution < 1.29 is 0 Å². The lowest BCUT2D eigenvalue weighted by atomic mass is 10.2. The molecule has 0 aliphatic heterocycles. The van der Waals surface area contributed by atoms with Crippen LogP contribution in [0.15, 0.2) is 15.5 Å². The molecule has 1 rings (SSSR count). The van der Waals surface area contributed by atoms with Crippen molar-refractivity contribution in [3.8, 4) is 0 Å². The molecule has 0 aromatic carbocycles. The number of aryl methyl sites for hydroxylation is 1. The Morgan fingerprint density at radius 2 is 2.26 bits per heavy atom. The Kier molecular flexibility index (Phi) is 7.53. The summed E-state index contributed by atoms with van der Waals surface area (Å²) in [7, 11) is 0. The lowest BCUT2D eigenvalue weighted by molar-refractivity contribution is 0.565. The molecular formula is C13H22BrN3OS. The SMILES string of the molecule is CCCn1ncc(NC(C)CCSCC)c(Br)c1=O. The van der Waals surface area contributed by atoms with Crippen LogP contribution in [0, 0.1) is 0 Å². The van der Waals surface area contributed by atoms with Gasteiger partial charge in [0.2, 0.25) is 0 Å². The molecule has 0 saturated heterocycles. The molecule has 0 aliphatic rings. The van der Waals surface area contributed by atoms with E-state index in [0.717, 1.165) is 30.0 Å².